The highest BCUT2D eigenvalue weighted by atomic mass is 16.3. The van der Waals surface area contributed by atoms with Gasteiger partial charge < -0.3 is 5.11 Å². The third-order valence-electron chi connectivity index (χ3n) is 5.55. The Morgan fingerprint density at radius 3 is 2.63 bits per heavy atom. The minimum Gasteiger partial charge on any atom is -0.385 e. The van der Waals surface area contributed by atoms with Crippen molar-refractivity contribution in [3.63, 3.8) is 0 Å². The summed E-state index contributed by atoms with van der Waals surface area (Å²) < 4.78 is 0. The second-order valence-corrected chi connectivity index (χ2v) is 7.93. The minimum atomic E-state index is -0.751. The fourth-order valence-corrected chi connectivity index (χ4v) is 5.58. The molecule has 1 N–H and O–H groups in total. The quantitative estimate of drug-likeness (QED) is 0.726. The van der Waals surface area contributed by atoms with Crippen molar-refractivity contribution >= 4 is 0 Å². The molecule has 2 fully saturated rings. The van der Waals surface area contributed by atoms with E-state index in [1.807, 2.05) is 0 Å². The Morgan fingerprint density at radius 2 is 1.95 bits per heavy atom. The second kappa shape index (κ2) is 4.15. The molecule has 2 bridgehead atoms. The fourth-order valence-electron chi connectivity index (χ4n) is 5.58. The fraction of sp³-hybridized carbons (Fsp3) is 0.875. The van der Waals surface area contributed by atoms with Gasteiger partial charge in [-0.1, -0.05) is 20.8 Å². The van der Waals surface area contributed by atoms with Crippen LogP contribution in [-0.2, 0) is 0 Å². The Bertz CT molecular complexity index is 444. The number of rotatable bonds is 1. The van der Waals surface area contributed by atoms with Gasteiger partial charge in [0, 0.05) is 0 Å². The standard InChI is InChI=1S/C16H25NO2/c1-10-4-12-8-15(3)6-11(2)7-16(18,9-15)14(12)13(5-10)17-19/h10-12,18H,4-9H2,1-3H3. The maximum Gasteiger partial charge on any atom is 0.0888 e. The van der Waals surface area contributed by atoms with Crippen LogP contribution in [0.2, 0.25) is 0 Å². The van der Waals surface area contributed by atoms with Gasteiger partial charge in [-0.25, -0.2) is 0 Å². The van der Waals surface area contributed by atoms with Gasteiger partial charge in [0.2, 0.25) is 0 Å². The van der Waals surface area contributed by atoms with Gasteiger partial charge in [0.1, 0.15) is 0 Å². The van der Waals surface area contributed by atoms with Crippen LogP contribution in [0.3, 0.4) is 0 Å². The number of nitrogens with zero attached hydrogens (tertiary/aromatic N) is 1. The van der Waals surface area contributed by atoms with Crippen LogP contribution in [0.4, 0.5) is 0 Å². The highest BCUT2D eigenvalue weighted by Gasteiger charge is 2.54. The summed E-state index contributed by atoms with van der Waals surface area (Å²) in [5.41, 5.74) is 1.18. The van der Waals surface area contributed by atoms with Crippen molar-refractivity contribution in [3.05, 3.63) is 16.2 Å². The largest absolute Gasteiger partial charge is 0.385 e. The van der Waals surface area contributed by atoms with Gasteiger partial charge in [-0.15, -0.1) is 4.91 Å². The minimum absolute atomic E-state index is 0.242. The monoisotopic (exact) mass is 263 g/mol. The molecular formula is C16H25NO2. The zero-order chi connectivity index (χ0) is 13.8. The van der Waals surface area contributed by atoms with E-state index >= 15 is 0 Å². The molecule has 3 rings (SSSR count). The van der Waals surface area contributed by atoms with Crippen molar-refractivity contribution in [3.8, 4) is 0 Å². The van der Waals surface area contributed by atoms with Crippen LogP contribution in [0.25, 0.3) is 0 Å². The molecule has 3 aliphatic carbocycles. The molecule has 0 amide bonds. The van der Waals surface area contributed by atoms with Crippen molar-refractivity contribution in [1.29, 1.82) is 0 Å². The van der Waals surface area contributed by atoms with Gasteiger partial charge in [-0.05, 0) is 72.4 Å². The summed E-state index contributed by atoms with van der Waals surface area (Å²) in [7, 11) is 0. The number of hydrogen-bond acceptors (Lipinski definition) is 3. The zero-order valence-corrected chi connectivity index (χ0v) is 12.3. The molecule has 3 aliphatic rings. The smallest absolute Gasteiger partial charge is 0.0888 e. The molecular weight excluding hydrogens is 238 g/mol. The lowest BCUT2D eigenvalue weighted by atomic mass is 9.51. The number of allylic oxidation sites excluding steroid dienone is 1. The van der Waals surface area contributed by atoms with Crippen LogP contribution >= 0.6 is 0 Å². The summed E-state index contributed by atoms with van der Waals surface area (Å²) >= 11 is 0. The predicted molar refractivity (Wildman–Crippen MR) is 75.4 cm³/mol. The Balaban J connectivity index is 2.09. The van der Waals surface area contributed by atoms with Gasteiger partial charge in [-0.2, -0.15) is 0 Å². The highest BCUT2D eigenvalue weighted by Crippen LogP contribution is 2.60. The molecule has 106 valence electrons. The lowest BCUT2D eigenvalue weighted by Gasteiger charge is -2.56. The van der Waals surface area contributed by atoms with E-state index in [0.717, 1.165) is 37.7 Å². The third-order valence-corrected chi connectivity index (χ3v) is 5.55. The molecule has 0 spiro atoms. The topological polar surface area (TPSA) is 49.7 Å². The van der Waals surface area contributed by atoms with Crippen molar-refractivity contribution in [2.45, 2.75) is 64.9 Å². The molecule has 0 aromatic heterocycles. The maximum absolute atomic E-state index is 11.2. The summed E-state index contributed by atoms with van der Waals surface area (Å²) in [6.45, 7) is 6.74. The van der Waals surface area contributed by atoms with Gasteiger partial charge in [0.25, 0.3) is 0 Å². The molecule has 0 aromatic rings. The normalized spacial score (nSPS) is 49.8. The van der Waals surface area contributed by atoms with Crippen molar-refractivity contribution in [2.75, 3.05) is 0 Å². The molecule has 0 aliphatic heterocycles. The van der Waals surface area contributed by atoms with Crippen LogP contribution < -0.4 is 0 Å². The first-order valence-corrected chi connectivity index (χ1v) is 7.64. The summed E-state index contributed by atoms with van der Waals surface area (Å²) in [4.78, 5) is 11.2. The first-order chi connectivity index (χ1) is 8.85. The molecule has 3 heteroatoms. The SMILES string of the molecule is CC1CC(N=O)=C2C(C1)CC1(C)CC(C)CC2(O)C1. The Kier molecular flexibility index (Phi) is 2.90. The molecule has 2 saturated carbocycles. The summed E-state index contributed by atoms with van der Waals surface area (Å²) in [6.07, 6.45) is 5.82. The van der Waals surface area contributed by atoms with E-state index in [1.165, 1.54) is 6.42 Å². The van der Waals surface area contributed by atoms with Crippen LogP contribution in [-0.4, -0.2) is 10.7 Å². The molecule has 0 aromatic carbocycles. The molecule has 0 saturated heterocycles. The zero-order valence-electron chi connectivity index (χ0n) is 12.3. The van der Waals surface area contributed by atoms with Crippen LogP contribution in [0.1, 0.15) is 59.3 Å². The molecule has 5 atom stereocenters. The first-order valence-electron chi connectivity index (χ1n) is 7.64. The molecule has 0 radical (unpaired) electrons. The molecule has 5 unspecified atom stereocenters. The van der Waals surface area contributed by atoms with E-state index in [4.69, 9.17) is 0 Å². The van der Waals surface area contributed by atoms with E-state index < -0.39 is 5.60 Å². The third kappa shape index (κ3) is 2.06. The number of fused-ring (bicyclic) bond motifs is 4. The number of aliphatic hydroxyl groups is 1. The average molecular weight is 263 g/mol. The van der Waals surface area contributed by atoms with Crippen LogP contribution in [0.15, 0.2) is 16.4 Å². The van der Waals surface area contributed by atoms with E-state index in [1.54, 1.807) is 0 Å². The Labute approximate surface area is 115 Å². The van der Waals surface area contributed by atoms with Gasteiger partial charge in [0.05, 0.1) is 11.3 Å². The van der Waals surface area contributed by atoms with E-state index in [0.29, 0.717) is 23.5 Å². The molecule has 3 nitrogen and oxygen atoms in total. The first kappa shape index (κ1) is 13.3. The van der Waals surface area contributed by atoms with E-state index in [2.05, 4.69) is 25.9 Å². The van der Waals surface area contributed by atoms with Crippen LogP contribution in [0.5, 0.6) is 0 Å². The van der Waals surface area contributed by atoms with Crippen molar-refractivity contribution in [1.82, 2.24) is 0 Å². The molecule has 0 heterocycles. The summed E-state index contributed by atoms with van der Waals surface area (Å²) in [6, 6.07) is 0. The average Bonchev–Trinajstić information content (AvgIpc) is 2.23. The second-order valence-electron chi connectivity index (χ2n) is 7.93. The van der Waals surface area contributed by atoms with Crippen LogP contribution in [0, 0.1) is 28.1 Å². The summed E-state index contributed by atoms with van der Waals surface area (Å²) in [5, 5.41) is 14.5. The van der Waals surface area contributed by atoms with Crippen molar-refractivity contribution < 1.29 is 5.11 Å². The molecule has 19 heavy (non-hydrogen) atoms. The number of hydrogen-bond donors (Lipinski definition) is 1. The Morgan fingerprint density at radius 1 is 1.21 bits per heavy atom. The maximum atomic E-state index is 11.2. The lowest BCUT2D eigenvalue weighted by Crippen LogP contribution is -2.52. The Hall–Kier alpha value is -0.700. The van der Waals surface area contributed by atoms with Crippen molar-refractivity contribution in [2.24, 2.45) is 28.3 Å². The summed E-state index contributed by atoms with van der Waals surface area (Å²) in [5.74, 6) is 1.43. The van der Waals surface area contributed by atoms with Gasteiger partial charge in [0.15, 0.2) is 0 Å². The van der Waals surface area contributed by atoms with E-state index in [-0.39, 0.29) is 5.41 Å². The van der Waals surface area contributed by atoms with Gasteiger partial charge in [-0.3, -0.25) is 0 Å². The van der Waals surface area contributed by atoms with E-state index in [9.17, 15) is 10.0 Å². The van der Waals surface area contributed by atoms with Gasteiger partial charge >= 0.3 is 0 Å². The highest BCUT2D eigenvalue weighted by molar-refractivity contribution is 5.33. The number of nitroso groups, excluding NO2 is 1. The predicted octanol–water partition coefficient (Wildman–Crippen LogP) is 4.01. The lowest BCUT2D eigenvalue weighted by molar-refractivity contribution is -0.0802.